The zero-order chi connectivity index (χ0) is 24.6. The maximum atomic E-state index is 13.7. The number of aromatic nitrogens is 1. The van der Waals surface area contributed by atoms with Gasteiger partial charge in [0.2, 0.25) is 5.91 Å². The van der Waals surface area contributed by atoms with E-state index in [9.17, 15) is 9.59 Å². The fraction of sp³-hybridized carbons (Fsp3) is 0.259. The van der Waals surface area contributed by atoms with Crippen LogP contribution in [0.2, 0.25) is 5.02 Å². The van der Waals surface area contributed by atoms with E-state index in [1.807, 2.05) is 77.5 Å². The summed E-state index contributed by atoms with van der Waals surface area (Å²) >= 11 is 7.62. The van der Waals surface area contributed by atoms with Gasteiger partial charge >= 0.3 is 0 Å². The van der Waals surface area contributed by atoms with Crippen molar-refractivity contribution in [3.05, 3.63) is 87.9 Å². The molecule has 1 N–H and O–H groups in total. The van der Waals surface area contributed by atoms with Crippen molar-refractivity contribution in [2.45, 2.75) is 32.0 Å². The second kappa shape index (κ2) is 9.40. The molecule has 0 fully saturated rings. The van der Waals surface area contributed by atoms with Crippen LogP contribution in [0.15, 0.2) is 66.0 Å². The third-order valence-corrected chi connectivity index (χ3v) is 7.89. The van der Waals surface area contributed by atoms with E-state index in [1.54, 1.807) is 23.3 Å². The Bertz CT molecular complexity index is 1390. The first-order valence-corrected chi connectivity index (χ1v) is 12.7. The molecule has 1 aliphatic heterocycles. The smallest absolute Gasteiger partial charge is 0.271 e. The van der Waals surface area contributed by atoms with Crippen LogP contribution in [-0.2, 0) is 24.3 Å². The van der Waals surface area contributed by atoms with Crippen LogP contribution in [0.5, 0.6) is 5.75 Å². The lowest BCUT2D eigenvalue weighted by atomic mass is 9.94. The molecule has 5 rings (SSSR count). The average molecular weight is 508 g/mol. The molecule has 0 spiro atoms. The molecule has 0 saturated carbocycles. The van der Waals surface area contributed by atoms with E-state index in [2.05, 4.69) is 5.32 Å². The quantitative estimate of drug-likeness (QED) is 0.377. The van der Waals surface area contributed by atoms with Crippen LogP contribution in [0.4, 0.5) is 0 Å². The van der Waals surface area contributed by atoms with Gasteiger partial charge in [-0.05, 0) is 54.6 Å². The summed E-state index contributed by atoms with van der Waals surface area (Å²) in [6, 6.07) is 19.1. The largest absolute Gasteiger partial charge is 0.496 e. The molecule has 35 heavy (non-hydrogen) atoms. The van der Waals surface area contributed by atoms with Crippen LogP contribution in [0.25, 0.3) is 10.2 Å². The Hall–Kier alpha value is -3.29. The summed E-state index contributed by atoms with van der Waals surface area (Å²) in [5.41, 5.74) is 1.50. The van der Waals surface area contributed by atoms with Crippen molar-refractivity contribution < 1.29 is 14.3 Å². The summed E-state index contributed by atoms with van der Waals surface area (Å²) in [5, 5.41) is 6.76. The van der Waals surface area contributed by atoms with Crippen LogP contribution < -0.4 is 10.1 Å². The van der Waals surface area contributed by atoms with E-state index in [0.717, 1.165) is 21.3 Å². The lowest BCUT2D eigenvalue weighted by molar-refractivity contribution is -0.133. The van der Waals surface area contributed by atoms with Crippen LogP contribution in [0.1, 0.15) is 28.5 Å². The van der Waals surface area contributed by atoms with Crippen molar-refractivity contribution >= 4 is 45.0 Å². The van der Waals surface area contributed by atoms with Gasteiger partial charge in [-0.2, -0.15) is 0 Å². The molecule has 0 saturated heterocycles. The van der Waals surface area contributed by atoms with Crippen molar-refractivity contribution in [2.75, 3.05) is 13.7 Å². The standard InChI is InChI=1S/C27H26ClN3O3S/c1-27(26(33)29-16-20-5-3-4-6-23(20)34-2)17-30-22(15-19-12-14-35-25(19)30)24(32)31(27)13-11-18-7-9-21(28)10-8-18/h3-10,12,14-15H,11,13,16-17H2,1-2H3,(H,29,33)/t27-/m0/s1. The predicted molar refractivity (Wildman–Crippen MR) is 139 cm³/mol. The van der Waals surface area contributed by atoms with Crippen molar-refractivity contribution in [3.8, 4) is 5.75 Å². The second-order valence-corrected chi connectivity index (χ2v) is 10.2. The number of benzene rings is 2. The van der Waals surface area contributed by atoms with Gasteiger partial charge in [0.05, 0.1) is 13.7 Å². The summed E-state index contributed by atoms with van der Waals surface area (Å²) in [4.78, 5) is 30.2. The lowest BCUT2D eigenvalue weighted by Crippen LogP contribution is -2.64. The number of ether oxygens (including phenoxy) is 1. The van der Waals surface area contributed by atoms with Crippen LogP contribution in [0.3, 0.4) is 0 Å². The summed E-state index contributed by atoms with van der Waals surface area (Å²) in [5.74, 6) is 0.380. The maximum Gasteiger partial charge on any atom is 0.271 e. The summed E-state index contributed by atoms with van der Waals surface area (Å²) < 4.78 is 7.42. The Morgan fingerprint density at radius 2 is 1.94 bits per heavy atom. The normalized spacial score (nSPS) is 17.5. The molecule has 2 aromatic carbocycles. The van der Waals surface area contributed by atoms with E-state index < -0.39 is 5.54 Å². The molecule has 8 heteroatoms. The number of hydrogen-bond donors (Lipinski definition) is 1. The average Bonchev–Trinajstić information content (AvgIpc) is 3.46. The number of para-hydroxylation sites is 1. The highest BCUT2D eigenvalue weighted by molar-refractivity contribution is 7.16. The number of nitrogens with one attached hydrogen (secondary N) is 1. The third kappa shape index (κ3) is 4.30. The number of thiophene rings is 1. The summed E-state index contributed by atoms with van der Waals surface area (Å²) in [7, 11) is 1.61. The summed E-state index contributed by atoms with van der Waals surface area (Å²) in [6.45, 7) is 2.96. The maximum absolute atomic E-state index is 13.7. The zero-order valence-corrected chi connectivity index (χ0v) is 21.2. The van der Waals surface area contributed by atoms with Gasteiger partial charge in [0.1, 0.15) is 21.8 Å². The fourth-order valence-electron chi connectivity index (χ4n) is 4.71. The molecule has 2 aromatic heterocycles. The number of halogens is 1. The molecule has 1 aliphatic rings. The molecular formula is C27H26ClN3O3S. The molecule has 2 amide bonds. The third-order valence-electron chi connectivity index (χ3n) is 6.69. The van der Waals surface area contributed by atoms with Gasteiger partial charge in [-0.3, -0.25) is 9.59 Å². The van der Waals surface area contributed by atoms with Gasteiger partial charge in [0.15, 0.2) is 0 Å². The molecule has 0 radical (unpaired) electrons. The highest BCUT2D eigenvalue weighted by atomic mass is 35.5. The number of amides is 2. The Labute approximate surface area is 213 Å². The Morgan fingerprint density at radius 1 is 1.17 bits per heavy atom. The van der Waals surface area contributed by atoms with Crippen molar-refractivity contribution in [3.63, 3.8) is 0 Å². The van der Waals surface area contributed by atoms with Crippen molar-refractivity contribution in [2.24, 2.45) is 0 Å². The molecule has 180 valence electrons. The second-order valence-electron chi connectivity index (χ2n) is 8.90. The minimum atomic E-state index is -1.06. The molecular weight excluding hydrogens is 482 g/mol. The Kier molecular flexibility index (Phi) is 6.30. The summed E-state index contributed by atoms with van der Waals surface area (Å²) in [6.07, 6.45) is 0.618. The van der Waals surface area contributed by atoms with Crippen LogP contribution in [0, 0.1) is 0 Å². The van der Waals surface area contributed by atoms with E-state index in [-0.39, 0.29) is 11.8 Å². The molecule has 0 bridgehead atoms. The SMILES string of the molecule is COc1ccccc1CNC(=O)[C@]1(C)Cn2c(cc3ccsc32)C(=O)N1CCc1ccc(Cl)cc1. The van der Waals surface area contributed by atoms with Crippen LogP contribution >= 0.6 is 22.9 Å². The first-order chi connectivity index (χ1) is 16.9. The molecule has 6 nitrogen and oxygen atoms in total. The fourth-order valence-corrected chi connectivity index (χ4v) is 5.74. The zero-order valence-electron chi connectivity index (χ0n) is 19.6. The van der Waals surface area contributed by atoms with Crippen LogP contribution in [-0.4, -0.2) is 40.5 Å². The molecule has 4 aromatic rings. The number of methoxy groups -OCH3 is 1. The number of hydrogen-bond acceptors (Lipinski definition) is 4. The first-order valence-electron chi connectivity index (χ1n) is 11.4. The number of nitrogens with zero attached hydrogens (tertiary/aromatic N) is 2. The minimum absolute atomic E-state index is 0.136. The van der Waals surface area contributed by atoms with E-state index >= 15 is 0 Å². The Morgan fingerprint density at radius 3 is 2.71 bits per heavy atom. The molecule has 0 unspecified atom stereocenters. The molecule has 1 atom stereocenters. The van der Waals surface area contributed by atoms with Crippen molar-refractivity contribution in [1.29, 1.82) is 0 Å². The first kappa shape index (κ1) is 23.5. The number of rotatable bonds is 7. The van der Waals surface area contributed by atoms with E-state index in [4.69, 9.17) is 16.3 Å². The van der Waals surface area contributed by atoms with Gasteiger partial charge in [0.25, 0.3) is 5.91 Å². The van der Waals surface area contributed by atoms with E-state index in [1.165, 1.54) is 0 Å². The van der Waals surface area contributed by atoms with Gasteiger partial charge in [-0.1, -0.05) is 41.9 Å². The highest BCUT2D eigenvalue weighted by Gasteiger charge is 2.47. The topological polar surface area (TPSA) is 63.6 Å². The van der Waals surface area contributed by atoms with Gasteiger partial charge < -0.3 is 19.5 Å². The highest BCUT2D eigenvalue weighted by Crippen LogP contribution is 2.35. The van der Waals surface area contributed by atoms with Gasteiger partial charge in [-0.25, -0.2) is 0 Å². The number of carbonyl (C=O) groups is 2. The molecule has 3 heterocycles. The van der Waals surface area contributed by atoms with E-state index in [0.29, 0.717) is 42.5 Å². The molecule has 0 aliphatic carbocycles. The Balaban J connectivity index is 1.45. The van der Waals surface area contributed by atoms with Gasteiger partial charge in [-0.15, -0.1) is 11.3 Å². The van der Waals surface area contributed by atoms with Gasteiger partial charge in [0, 0.05) is 29.1 Å². The predicted octanol–water partition coefficient (Wildman–Crippen LogP) is 5.14. The minimum Gasteiger partial charge on any atom is -0.496 e. The monoisotopic (exact) mass is 507 g/mol. The number of carbonyl (C=O) groups excluding carboxylic acids is 2. The van der Waals surface area contributed by atoms with Crippen molar-refractivity contribution in [1.82, 2.24) is 14.8 Å². The number of fused-ring (bicyclic) bond motifs is 3. The lowest BCUT2D eigenvalue weighted by Gasteiger charge is -2.44.